The summed E-state index contributed by atoms with van der Waals surface area (Å²) in [5.74, 6) is 0.528. The van der Waals surface area contributed by atoms with Crippen LogP contribution in [0.3, 0.4) is 0 Å². The zero-order valence-electron chi connectivity index (χ0n) is 15.1. The fourth-order valence-corrected chi connectivity index (χ4v) is 3.38. The molecule has 0 N–H and O–H groups in total. The van der Waals surface area contributed by atoms with Crippen LogP contribution in [-0.2, 0) is 6.54 Å². The van der Waals surface area contributed by atoms with Gasteiger partial charge in [0.1, 0.15) is 23.0 Å². The number of nitrogens with zero attached hydrogens (tertiary/aromatic N) is 4. The predicted octanol–water partition coefficient (Wildman–Crippen LogP) is 3.31. The molecule has 1 aliphatic heterocycles. The Morgan fingerprint density at radius 2 is 1.93 bits per heavy atom. The van der Waals surface area contributed by atoms with Crippen molar-refractivity contribution in [3.8, 4) is 17.1 Å². The fraction of sp³-hybridized carbons (Fsp3) is 0.250. The average molecular weight is 366 g/mol. The molecule has 1 aromatic heterocycles. The van der Waals surface area contributed by atoms with Gasteiger partial charge in [-0.25, -0.2) is 14.1 Å². The third kappa shape index (κ3) is 2.95. The predicted molar refractivity (Wildman–Crippen MR) is 97.9 cm³/mol. The number of methoxy groups -OCH3 is 1. The lowest BCUT2D eigenvalue weighted by Crippen LogP contribution is -2.42. The molecule has 1 aliphatic rings. The van der Waals surface area contributed by atoms with Gasteiger partial charge in [0.25, 0.3) is 5.91 Å². The second kappa shape index (κ2) is 6.83. The molecule has 27 heavy (non-hydrogen) atoms. The second-order valence-electron chi connectivity index (χ2n) is 6.37. The molecule has 1 amide bonds. The second-order valence-corrected chi connectivity index (χ2v) is 6.37. The van der Waals surface area contributed by atoms with Gasteiger partial charge in [-0.05, 0) is 19.1 Å². The Morgan fingerprint density at radius 3 is 2.67 bits per heavy atom. The first kappa shape index (κ1) is 17.2. The molecule has 0 unspecified atom stereocenters. The van der Waals surface area contributed by atoms with Gasteiger partial charge in [-0.3, -0.25) is 4.79 Å². The quantitative estimate of drug-likeness (QED) is 0.714. The van der Waals surface area contributed by atoms with Crippen LogP contribution in [0.4, 0.5) is 4.39 Å². The van der Waals surface area contributed by atoms with Crippen LogP contribution in [0.25, 0.3) is 11.4 Å². The monoisotopic (exact) mass is 366 g/mol. The van der Waals surface area contributed by atoms with Crippen LogP contribution < -0.4 is 4.74 Å². The molecular formula is C20H19FN4O2. The van der Waals surface area contributed by atoms with Crippen molar-refractivity contribution in [2.75, 3.05) is 13.7 Å². The minimum absolute atomic E-state index is 0.0527. The molecule has 0 aliphatic carbocycles. The first-order valence-corrected chi connectivity index (χ1v) is 8.73. The highest BCUT2D eigenvalue weighted by atomic mass is 19.1. The molecule has 0 bridgehead atoms. The van der Waals surface area contributed by atoms with Crippen LogP contribution in [0.2, 0.25) is 0 Å². The van der Waals surface area contributed by atoms with E-state index >= 15 is 0 Å². The third-order valence-corrected chi connectivity index (χ3v) is 4.80. The zero-order chi connectivity index (χ0) is 19.0. The maximum atomic E-state index is 14.3. The van der Waals surface area contributed by atoms with E-state index < -0.39 is 11.7 Å². The number of benzene rings is 2. The van der Waals surface area contributed by atoms with Crippen molar-refractivity contribution in [3.05, 3.63) is 65.7 Å². The topological polar surface area (TPSA) is 60.2 Å². The molecule has 7 heteroatoms. The van der Waals surface area contributed by atoms with Crippen LogP contribution in [0.1, 0.15) is 29.1 Å². The summed E-state index contributed by atoms with van der Waals surface area (Å²) in [5.41, 5.74) is 0.864. The Hall–Kier alpha value is -3.22. The van der Waals surface area contributed by atoms with E-state index in [-0.39, 0.29) is 17.4 Å². The normalized spacial score (nSPS) is 16.1. The van der Waals surface area contributed by atoms with E-state index in [4.69, 9.17) is 4.74 Å². The van der Waals surface area contributed by atoms with Crippen LogP contribution in [0.15, 0.2) is 48.5 Å². The van der Waals surface area contributed by atoms with Crippen LogP contribution in [-0.4, -0.2) is 39.2 Å². The summed E-state index contributed by atoms with van der Waals surface area (Å²) >= 11 is 0. The minimum Gasteiger partial charge on any atom is -0.496 e. The van der Waals surface area contributed by atoms with Crippen molar-refractivity contribution in [2.45, 2.75) is 19.5 Å². The Morgan fingerprint density at radius 1 is 1.15 bits per heavy atom. The maximum absolute atomic E-state index is 14.3. The minimum atomic E-state index is -0.594. The van der Waals surface area contributed by atoms with Crippen LogP contribution in [0, 0.1) is 5.82 Å². The van der Waals surface area contributed by atoms with Gasteiger partial charge < -0.3 is 9.64 Å². The molecule has 0 saturated heterocycles. The van der Waals surface area contributed by atoms with E-state index in [1.54, 1.807) is 11.0 Å². The first-order chi connectivity index (χ1) is 13.1. The third-order valence-electron chi connectivity index (χ3n) is 4.80. The van der Waals surface area contributed by atoms with Gasteiger partial charge in [0.15, 0.2) is 5.82 Å². The van der Waals surface area contributed by atoms with E-state index in [1.807, 2.05) is 41.9 Å². The Kier molecular flexibility index (Phi) is 4.35. The molecule has 2 heterocycles. The summed E-state index contributed by atoms with van der Waals surface area (Å²) in [6.07, 6.45) is 0. The van der Waals surface area contributed by atoms with Gasteiger partial charge in [0.2, 0.25) is 0 Å². The Balaban J connectivity index is 1.67. The Bertz CT molecular complexity index is 987. The molecule has 6 nitrogen and oxygen atoms in total. The van der Waals surface area contributed by atoms with Gasteiger partial charge in [-0.1, -0.05) is 36.4 Å². The van der Waals surface area contributed by atoms with E-state index in [2.05, 4.69) is 10.1 Å². The molecule has 4 rings (SSSR count). The number of halogens is 1. The molecular weight excluding hydrogens is 347 g/mol. The lowest BCUT2D eigenvalue weighted by atomic mass is 10.1. The number of rotatable bonds is 3. The maximum Gasteiger partial charge on any atom is 0.261 e. The molecule has 0 spiro atoms. The summed E-state index contributed by atoms with van der Waals surface area (Å²) in [4.78, 5) is 19.3. The molecule has 2 aromatic carbocycles. The lowest BCUT2D eigenvalue weighted by Gasteiger charge is -2.33. The highest BCUT2D eigenvalue weighted by molar-refractivity contribution is 5.97. The summed E-state index contributed by atoms with van der Waals surface area (Å²) in [6, 6.07) is 13.7. The van der Waals surface area contributed by atoms with Crippen molar-refractivity contribution in [1.82, 2.24) is 19.7 Å². The molecule has 0 radical (unpaired) electrons. The number of ether oxygens (including phenoxy) is 1. The number of fused-ring (bicyclic) bond motifs is 1. The summed E-state index contributed by atoms with van der Waals surface area (Å²) in [7, 11) is 1.42. The van der Waals surface area contributed by atoms with Gasteiger partial charge in [-0.2, -0.15) is 5.10 Å². The van der Waals surface area contributed by atoms with Crippen molar-refractivity contribution in [3.63, 3.8) is 0 Å². The smallest absolute Gasteiger partial charge is 0.261 e. The fourth-order valence-electron chi connectivity index (χ4n) is 3.38. The van der Waals surface area contributed by atoms with Crippen LogP contribution in [0.5, 0.6) is 5.75 Å². The van der Waals surface area contributed by atoms with E-state index in [1.165, 1.54) is 19.2 Å². The van der Waals surface area contributed by atoms with E-state index in [9.17, 15) is 9.18 Å². The van der Waals surface area contributed by atoms with Gasteiger partial charge in [-0.15, -0.1) is 0 Å². The highest BCUT2D eigenvalue weighted by Crippen LogP contribution is 2.30. The van der Waals surface area contributed by atoms with Crippen molar-refractivity contribution >= 4 is 5.91 Å². The lowest BCUT2D eigenvalue weighted by molar-refractivity contribution is 0.0622. The average Bonchev–Trinajstić information content (AvgIpc) is 3.13. The van der Waals surface area contributed by atoms with E-state index in [0.717, 1.165) is 5.56 Å². The number of hydrogen-bond acceptors (Lipinski definition) is 4. The summed E-state index contributed by atoms with van der Waals surface area (Å²) in [6.45, 7) is 2.80. The number of amides is 1. The molecule has 138 valence electrons. The first-order valence-electron chi connectivity index (χ1n) is 8.73. The number of aromatic nitrogens is 3. The number of hydrogen-bond donors (Lipinski definition) is 0. The SMILES string of the molecule is COc1cccc(F)c1C(=O)N1CCn2nc(-c3ccccc3)nc2[C@@H]1C. The van der Waals surface area contributed by atoms with Gasteiger partial charge in [0, 0.05) is 12.1 Å². The number of carbonyl (C=O) groups excluding carboxylic acids is 1. The van der Waals surface area contributed by atoms with Crippen LogP contribution >= 0.6 is 0 Å². The summed E-state index contributed by atoms with van der Waals surface area (Å²) in [5, 5.41) is 4.56. The molecule has 0 fully saturated rings. The molecule has 0 saturated carbocycles. The standard InChI is InChI=1S/C20H19FN4O2/c1-13-19-22-18(14-7-4-3-5-8-14)23-25(19)12-11-24(13)20(26)17-15(21)9-6-10-16(17)27-2/h3-10,13H,11-12H2,1-2H3/t13-/m0/s1. The summed E-state index contributed by atoms with van der Waals surface area (Å²) < 4.78 is 21.3. The van der Waals surface area contributed by atoms with Gasteiger partial charge >= 0.3 is 0 Å². The number of carbonyl (C=O) groups is 1. The van der Waals surface area contributed by atoms with Crippen molar-refractivity contribution < 1.29 is 13.9 Å². The highest BCUT2D eigenvalue weighted by Gasteiger charge is 2.33. The van der Waals surface area contributed by atoms with Crippen molar-refractivity contribution in [1.29, 1.82) is 0 Å². The zero-order valence-corrected chi connectivity index (χ0v) is 15.1. The molecule has 1 atom stereocenters. The van der Waals surface area contributed by atoms with Crippen molar-refractivity contribution in [2.24, 2.45) is 0 Å². The Labute approximate surface area is 156 Å². The van der Waals surface area contributed by atoms with Gasteiger partial charge in [0.05, 0.1) is 19.7 Å². The molecule has 3 aromatic rings. The van der Waals surface area contributed by atoms with E-state index in [0.29, 0.717) is 24.7 Å². The largest absolute Gasteiger partial charge is 0.496 e.